The van der Waals surface area contributed by atoms with Crippen molar-refractivity contribution in [1.29, 1.82) is 0 Å². The molecule has 0 saturated carbocycles. The fourth-order valence-corrected chi connectivity index (χ4v) is 1.67. The van der Waals surface area contributed by atoms with Crippen molar-refractivity contribution in [3.63, 3.8) is 0 Å². The summed E-state index contributed by atoms with van der Waals surface area (Å²) in [5.74, 6) is 0. The predicted octanol–water partition coefficient (Wildman–Crippen LogP) is -0.507. The summed E-state index contributed by atoms with van der Waals surface area (Å²) in [5, 5.41) is 21.3. The van der Waals surface area contributed by atoms with Gasteiger partial charge in [-0.15, -0.1) is 5.10 Å². The molecule has 0 saturated heterocycles. The minimum Gasteiger partial charge on any atom is -0.392 e. The Morgan fingerprint density at radius 2 is 2.29 bits per heavy atom. The molecule has 1 aromatic rings. The Morgan fingerprint density at radius 3 is 2.86 bits per heavy atom. The Kier molecular flexibility index (Phi) is 4.30. The maximum atomic E-state index is 9.32. The second kappa shape index (κ2) is 5.28. The summed E-state index contributed by atoms with van der Waals surface area (Å²) in [6.45, 7) is 4.77. The SMILES string of the molecule is CC(O)C(C)Sc1nnnn1CCN. The summed E-state index contributed by atoms with van der Waals surface area (Å²) in [5.41, 5.74) is 5.40. The molecular weight excluding hydrogens is 202 g/mol. The van der Waals surface area contributed by atoms with E-state index in [4.69, 9.17) is 5.73 Å². The van der Waals surface area contributed by atoms with Gasteiger partial charge in [0.25, 0.3) is 0 Å². The van der Waals surface area contributed by atoms with Gasteiger partial charge in [0.2, 0.25) is 5.16 Å². The van der Waals surface area contributed by atoms with Gasteiger partial charge in [0.05, 0.1) is 12.6 Å². The summed E-state index contributed by atoms with van der Waals surface area (Å²) >= 11 is 1.45. The van der Waals surface area contributed by atoms with Crippen LogP contribution in [0, 0.1) is 0 Å². The molecule has 0 aromatic carbocycles. The van der Waals surface area contributed by atoms with Gasteiger partial charge < -0.3 is 10.8 Å². The van der Waals surface area contributed by atoms with Crippen molar-refractivity contribution in [2.45, 2.75) is 36.9 Å². The van der Waals surface area contributed by atoms with Crippen molar-refractivity contribution in [3.8, 4) is 0 Å². The minimum atomic E-state index is -0.386. The van der Waals surface area contributed by atoms with Gasteiger partial charge in [0.1, 0.15) is 0 Å². The number of aromatic nitrogens is 4. The molecule has 0 aliphatic carbocycles. The fourth-order valence-electron chi connectivity index (χ4n) is 0.808. The van der Waals surface area contributed by atoms with E-state index >= 15 is 0 Å². The monoisotopic (exact) mass is 217 g/mol. The van der Waals surface area contributed by atoms with Crippen LogP contribution in [0.25, 0.3) is 0 Å². The Hall–Kier alpha value is -0.660. The van der Waals surface area contributed by atoms with Crippen molar-refractivity contribution < 1.29 is 5.11 Å². The Morgan fingerprint density at radius 1 is 1.57 bits per heavy atom. The fraction of sp³-hybridized carbons (Fsp3) is 0.857. The molecule has 2 atom stereocenters. The summed E-state index contributed by atoms with van der Waals surface area (Å²) in [6.07, 6.45) is -0.386. The van der Waals surface area contributed by atoms with E-state index in [1.807, 2.05) is 6.92 Å². The molecule has 7 heteroatoms. The van der Waals surface area contributed by atoms with E-state index in [2.05, 4.69) is 15.5 Å². The van der Waals surface area contributed by atoms with Crippen molar-refractivity contribution >= 4 is 11.8 Å². The van der Waals surface area contributed by atoms with Crippen molar-refractivity contribution in [3.05, 3.63) is 0 Å². The quantitative estimate of drug-likeness (QED) is 0.646. The average molecular weight is 217 g/mol. The number of aliphatic hydroxyl groups excluding tert-OH is 1. The van der Waals surface area contributed by atoms with Crippen LogP contribution in [0.1, 0.15) is 13.8 Å². The Balaban J connectivity index is 2.61. The molecule has 0 radical (unpaired) electrons. The zero-order valence-corrected chi connectivity index (χ0v) is 9.11. The standard InChI is InChI=1S/C7H15N5OS/c1-5(13)6(2)14-7-9-10-11-12(7)4-3-8/h5-6,13H,3-4,8H2,1-2H3. The lowest BCUT2D eigenvalue weighted by Crippen LogP contribution is -2.17. The van der Waals surface area contributed by atoms with Gasteiger partial charge >= 0.3 is 0 Å². The van der Waals surface area contributed by atoms with Gasteiger partial charge in [-0.1, -0.05) is 18.7 Å². The molecule has 0 bridgehead atoms. The number of nitrogens with two attached hydrogens (primary N) is 1. The normalized spacial score (nSPS) is 15.4. The highest BCUT2D eigenvalue weighted by molar-refractivity contribution is 7.99. The first-order chi connectivity index (χ1) is 6.65. The molecule has 1 rings (SSSR count). The highest BCUT2D eigenvalue weighted by atomic mass is 32.2. The van der Waals surface area contributed by atoms with Crippen LogP contribution in [0.3, 0.4) is 0 Å². The Bertz CT molecular complexity index is 277. The third kappa shape index (κ3) is 2.93. The smallest absolute Gasteiger partial charge is 0.209 e. The topological polar surface area (TPSA) is 89.9 Å². The number of rotatable bonds is 5. The summed E-state index contributed by atoms with van der Waals surface area (Å²) in [4.78, 5) is 0. The van der Waals surface area contributed by atoms with Crippen LogP contribution < -0.4 is 5.73 Å². The van der Waals surface area contributed by atoms with Crippen LogP contribution in [0.4, 0.5) is 0 Å². The maximum absolute atomic E-state index is 9.32. The van der Waals surface area contributed by atoms with Crippen molar-refractivity contribution in [2.24, 2.45) is 5.73 Å². The van der Waals surface area contributed by atoms with Gasteiger partial charge in [0, 0.05) is 11.8 Å². The van der Waals surface area contributed by atoms with Crippen LogP contribution in [0.2, 0.25) is 0 Å². The van der Waals surface area contributed by atoms with E-state index in [0.717, 1.165) is 0 Å². The van der Waals surface area contributed by atoms with Gasteiger partial charge in [0.15, 0.2) is 0 Å². The number of hydrogen-bond acceptors (Lipinski definition) is 6. The van der Waals surface area contributed by atoms with Gasteiger partial charge in [-0.05, 0) is 17.4 Å². The highest BCUT2D eigenvalue weighted by Gasteiger charge is 2.15. The number of tetrazole rings is 1. The van der Waals surface area contributed by atoms with E-state index in [1.165, 1.54) is 11.8 Å². The van der Waals surface area contributed by atoms with Crippen LogP contribution in [0.5, 0.6) is 0 Å². The average Bonchev–Trinajstić information content (AvgIpc) is 2.53. The molecule has 1 heterocycles. The summed E-state index contributed by atoms with van der Waals surface area (Å²) in [6, 6.07) is 0. The summed E-state index contributed by atoms with van der Waals surface area (Å²) < 4.78 is 1.64. The van der Waals surface area contributed by atoms with Gasteiger partial charge in [-0.2, -0.15) is 0 Å². The zero-order valence-electron chi connectivity index (χ0n) is 8.29. The molecule has 80 valence electrons. The second-order valence-electron chi connectivity index (χ2n) is 3.04. The molecule has 14 heavy (non-hydrogen) atoms. The van der Waals surface area contributed by atoms with E-state index in [0.29, 0.717) is 18.2 Å². The molecule has 0 aliphatic heterocycles. The largest absolute Gasteiger partial charge is 0.392 e. The third-order valence-corrected chi connectivity index (χ3v) is 3.08. The van der Waals surface area contributed by atoms with Gasteiger partial charge in [-0.3, -0.25) is 0 Å². The van der Waals surface area contributed by atoms with E-state index in [1.54, 1.807) is 11.6 Å². The molecule has 0 amide bonds. The Labute approximate surface area is 86.9 Å². The molecule has 6 nitrogen and oxygen atoms in total. The third-order valence-electron chi connectivity index (χ3n) is 1.81. The molecular formula is C7H15N5OS. The number of hydrogen-bond donors (Lipinski definition) is 2. The van der Waals surface area contributed by atoms with Crippen LogP contribution >= 0.6 is 11.8 Å². The molecule has 3 N–H and O–H groups in total. The van der Waals surface area contributed by atoms with E-state index in [9.17, 15) is 5.11 Å². The lowest BCUT2D eigenvalue weighted by atomic mass is 10.3. The summed E-state index contributed by atoms with van der Waals surface area (Å²) in [7, 11) is 0. The molecule has 2 unspecified atom stereocenters. The molecule has 0 aliphatic rings. The number of thioether (sulfide) groups is 1. The van der Waals surface area contributed by atoms with Crippen LogP contribution in [0.15, 0.2) is 5.16 Å². The first kappa shape index (κ1) is 11.4. The van der Waals surface area contributed by atoms with Crippen LogP contribution in [-0.4, -0.2) is 43.2 Å². The van der Waals surface area contributed by atoms with E-state index < -0.39 is 0 Å². The lowest BCUT2D eigenvalue weighted by molar-refractivity contribution is 0.196. The minimum absolute atomic E-state index is 0.0672. The van der Waals surface area contributed by atoms with Crippen molar-refractivity contribution in [2.75, 3.05) is 6.54 Å². The van der Waals surface area contributed by atoms with E-state index in [-0.39, 0.29) is 11.4 Å². The lowest BCUT2D eigenvalue weighted by Gasteiger charge is -2.12. The maximum Gasteiger partial charge on any atom is 0.209 e. The second-order valence-corrected chi connectivity index (χ2v) is 4.38. The van der Waals surface area contributed by atoms with Crippen molar-refractivity contribution in [1.82, 2.24) is 20.2 Å². The molecule has 0 spiro atoms. The number of aliphatic hydroxyl groups is 1. The molecule has 0 fully saturated rings. The first-order valence-electron chi connectivity index (χ1n) is 4.46. The highest BCUT2D eigenvalue weighted by Crippen LogP contribution is 2.21. The number of nitrogens with zero attached hydrogens (tertiary/aromatic N) is 4. The zero-order chi connectivity index (χ0) is 10.6. The molecule has 1 aromatic heterocycles. The predicted molar refractivity (Wildman–Crippen MR) is 53.9 cm³/mol. The van der Waals surface area contributed by atoms with Gasteiger partial charge in [-0.25, -0.2) is 4.68 Å². The first-order valence-corrected chi connectivity index (χ1v) is 5.34. The van der Waals surface area contributed by atoms with Crippen LogP contribution in [-0.2, 0) is 6.54 Å².